The fourth-order valence-corrected chi connectivity index (χ4v) is 1.32. The van der Waals surface area contributed by atoms with E-state index in [4.69, 9.17) is 9.84 Å². The van der Waals surface area contributed by atoms with Gasteiger partial charge >= 0.3 is 5.97 Å². The van der Waals surface area contributed by atoms with E-state index in [-0.39, 0.29) is 11.8 Å². The van der Waals surface area contributed by atoms with Crippen molar-refractivity contribution < 1.29 is 19.6 Å². The van der Waals surface area contributed by atoms with Crippen molar-refractivity contribution in [2.24, 2.45) is 0 Å². The van der Waals surface area contributed by atoms with Crippen LogP contribution in [0.15, 0.2) is 18.3 Å². The smallest absolute Gasteiger partial charge is 0.341 e. The number of nitro groups is 1. The normalized spacial score (nSPS) is 10.2. The molecule has 2 heterocycles. The molecule has 0 saturated carbocycles. The predicted molar refractivity (Wildman–Crippen MR) is 61.2 cm³/mol. The summed E-state index contributed by atoms with van der Waals surface area (Å²) in [6.45, 7) is 1.74. The molecule has 9 nitrogen and oxygen atoms in total. The molecule has 2 N–H and O–H groups in total. The van der Waals surface area contributed by atoms with Gasteiger partial charge in [-0.05, 0) is 6.92 Å². The topological polar surface area (TPSA) is 131 Å². The molecule has 0 amide bonds. The molecule has 0 aromatic carbocycles. The van der Waals surface area contributed by atoms with Gasteiger partial charge in [0.05, 0.1) is 4.92 Å². The van der Waals surface area contributed by atoms with Gasteiger partial charge in [0.1, 0.15) is 11.8 Å². The van der Waals surface area contributed by atoms with Crippen LogP contribution in [-0.4, -0.2) is 31.2 Å². The summed E-state index contributed by atoms with van der Waals surface area (Å²) in [5, 5.41) is 25.9. The van der Waals surface area contributed by atoms with Crippen molar-refractivity contribution in [3.63, 3.8) is 0 Å². The molecule has 0 aliphatic heterocycles. The lowest BCUT2D eigenvalue weighted by molar-refractivity contribution is -0.385. The van der Waals surface area contributed by atoms with Gasteiger partial charge in [0.25, 0.3) is 5.69 Å². The van der Waals surface area contributed by atoms with E-state index >= 15 is 0 Å². The molecular weight excluding hydrogens is 256 g/mol. The predicted octanol–water partition coefficient (Wildman–Crippen LogP) is 1.51. The van der Waals surface area contributed by atoms with E-state index < -0.39 is 22.1 Å². The third kappa shape index (κ3) is 2.65. The molecule has 0 aliphatic carbocycles. The van der Waals surface area contributed by atoms with Gasteiger partial charge in [-0.25, -0.2) is 9.78 Å². The zero-order chi connectivity index (χ0) is 14.0. The van der Waals surface area contributed by atoms with Crippen molar-refractivity contribution >= 4 is 11.7 Å². The highest BCUT2D eigenvalue weighted by atomic mass is 16.6. The van der Waals surface area contributed by atoms with Crippen LogP contribution in [0.2, 0.25) is 0 Å². The first kappa shape index (κ1) is 12.5. The van der Waals surface area contributed by atoms with Crippen LogP contribution in [-0.2, 0) is 0 Å². The maximum atomic E-state index is 11.0. The van der Waals surface area contributed by atoms with E-state index in [0.717, 1.165) is 12.3 Å². The van der Waals surface area contributed by atoms with Crippen LogP contribution < -0.4 is 4.74 Å². The number of hydrogen-bond acceptors (Lipinski definition) is 6. The van der Waals surface area contributed by atoms with E-state index in [1.54, 1.807) is 6.92 Å². The van der Waals surface area contributed by atoms with E-state index in [1.807, 2.05) is 0 Å². The van der Waals surface area contributed by atoms with Crippen LogP contribution in [0.25, 0.3) is 0 Å². The number of carbonyl (C=O) groups is 1. The van der Waals surface area contributed by atoms with Crippen LogP contribution in [0.4, 0.5) is 5.69 Å². The number of ether oxygens (including phenoxy) is 1. The van der Waals surface area contributed by atoms with Crippen LogP contribution in [0, 0.1) is 17.0 Å². The number of hydrogen-bond donors (Lipinski definition) is 2. The molecule has 0 bridgehead atoms. The van der Waals surface area contributed by atoms with Crippen molar-refractivity contribution in [2.75, 3.05) is 0 Å². The number of aryl methyl sites for hydroxylation is 1. The van der Waals surface area contributed by atoms with Gasteiger partial charge in [-0.2, -0.15) is 0 Å². The molecule has 98 valence electrons. The maximum Gasteiger partial charge on any atom is 0.341 e. The fourth-order valence-electron chi connectivity index (χ4n) is 1.32. The average molecular weight is 264 g/mol. The second-order valence-electron chi connectivity index (χ2n) is 3.60. The summed E-state index contributed by atoms with van der Waals surface area (Å²) in [6, 6.07) is 2.42. The Morgan fingerprint density at radius 3 is 2.79 bits per heavy atom. The molecule has 2 rings (SSSR count). The highest BCUT2D eigenvalue weighted by Crippen LogP contribution is 2.25. The van der Waals surface area contributed by atoms with Gasteiger partial charge in [-0.15, -0.1) is 5.10 Å². The fraction of sp³-hybridized carbons (Fsp3) is 0.100. The summed E-state index contributed by atoms with van der Waals surface area (Å²) >= 11 is 0. The minimum absolute atomic E-state index is 0.126. The second kappa shape index (κ2) is 4.72. The number of carboxylic acid groups (broad SMARTS) is 1. The van der Waals surface area contributed by atoms with Crippen LogP contribution in [0.1, 0.15) is 16.1 Å². The molecule has 0 spiro atoms. The number of aromatic nitrogens is 3. The monoisotopic (exact) mass is 264 g/mol. The Labute approximate surface area is 106 Å². The Bertz CT molecular complexity index is 651. The van der Waals surface area contributed by atoms with Crippen LogP contribution >= 0.6 is 0 Å². The van der Waals surface area contributed by atoms with Gasteiger partial charge < -0.3 is 9.84 Å². The minimum Gasteiger partial charge on any atom is -0.477 e. The first-order valence-corrected chi connectivity index (χ1v) is 5.05. The average Bonchev–Trinajstić information content (AvgIpc) is 2.74. The number of aromatic carboxylic acids is 1. The summed E-state index contributed by atoms with van der Waals surface area (Å²) in [6.07, 6.45) is 0.918. The molecule has 9 heteroatoms. The first-order chi connectivity index (χ1) is 8.97. The number of nitrogens with zero attached hydrogens (tertiary/aromatic N) is 3. The highest BCUT2D eigenvalue weighted by Gasteiger charge is 2.19. The van der Waals surface area contributed by atoms with Gasteiger partial charge in [-0.1, -0.05) is 0 Å². The van der Waals surface area contributed by atoms with Crippen molar-refractivity contribution in [1.82, 2.24) is 15.2 Å². The summed E-state index contributed by atoms with van der Waals surface area (Å²) in [4.78, 5) is 24.5. The largest absolute Gasteiger partial charge is 0.477 e. The highest BCUT2D eigenvalue weighted by molar-refractivity contribution is 5.91. The summed E-state index contributed by atoms with van der Waals surface area (Å²) in [7, 11) is 0. The summed E-state index contributed by atoms with van der Waals surface area (Å²) in [5.74, 6) is -1.51. The molecule has 0 atom stereocenters. The second-order valence-corrected chi connectivity index (χ2v) is 3.60. The number of rotatable bonds is 4. The van der Waals surface area contributed by atoms with Crippen molar-refractivity contribution in [1.29, 1.82) is 0 Å². The number of carboxylic acids is 1. The van der Waals surface area contributed by atoms with Gasteiger partial charge in [0.2, 0.25) is 11.8 Å². The lowest BCUT2D eigenvalue weighted by atomic mass is 10.2. The lowest BCUT2D eigenvalue weighted by Crippen LogP contribution is -2.03. The van der Waals surface area contributed by atoms with E-state index in [1.165, 1.54) is 6.07 Å². The van der Waals surface area contributed by atoms with Gasteiger partial charge in [0, 0.05) is 17.8 Å². The van der Waals surface area contributed by atoms with Crippen LogP contribution in [0.5, 0.6) is 11.8 Å². The molecular formula is C10H8N4O5. The SMILES string of the molecule is Cc1cc(Oc2ncc([N+](=O)[O-])cc2C(=O)O)n[nH]1. The Hall–Kier alpha value is -2.97. The number of H-pyrrole nitrogens is 1. The Balaban J connectivity index is 2.39. The minimum atomic E-state index is -1.38. The zero-order valence-corrected chi connectivity index (χ0v) is 9.65. The Morgan fingerprint density at radius 2 is 2.26 bits per heavy atom. The van der Waals surface area contributed by atoms with E-state index in [2.05, 4.69) is 15.2 Å². The lowest BCUT2D eigenvalue weighted by Gasteiger charge is -2.04. The quantitative estimate of drug-likeness (QED) is 0.631. The third-order valence-electron chi connectivity index (χ3n) is 2.16. The van der Waals surface area contributed by atoms with Crippen LogP contribution in [0.3, 0.4) is 0 Å². The summed E-state index contributed by atoms with van der Waals surface area (Å²) < 4.78 is 5.17. The first-order valence-electron chi connectivity index (χ1n) is 5.05. The number of nitrogens with one attached hydrogen (secondary N) is 1. The van der Waals surface area contributed by atoms with Crippen molar-refractivity contribution in [2.45, 2.75) is 6.92 Å². The number of pyridine rings is 1. The van der Waals surface area contributed by atoms with E-state index in [0.29, 0.717) is 5.69 Å². The molecule has 0 unspecified atom stereocenters. The van der Waals surface area contributed by atoms with E-state index in [9.17, 15) is 14.9 Å². The molecule has 0 fully saturated rings. The van der Waals surface area contributed by atoms with Gasteiger partial charge in [-0.3, -0.25) is 15.2 Å². The Morgan fingerprint density at radius 1 is 1.53 bits per heavy atom. The molecule has 0 radical (unpaired) electrons. The van der Waals surface area contributed by atoms with Gasteiger partial charge in [0.15, 0.2) is 0 Å². The summed E-state index contributed by atoms with van der Waals surface area (Å²) in [5.41, 5.74) is -0.119. The van der Waals surface area contributed by atoms with Crippen molar-refractivity contribution in [3.8, 4) is 11.8 Å². The Kier molecular flexibility index (Phi) is 3.10. The zero-order valence-electron chi connectivity index (χ0n) is 9.65. The molecule has 0 aliphatic rings. The molecule has 0 saturated heterocycles. The molecule has 2 aromatic rings. The molecule has 19 heavy (non-hydrogen) atoms. The number of aromatic amines is 1. The standard InChI is InChI=1S/C10H8N4O5/c1-5-2-8(13-12-5)19-9-7(10(15)16)3-6(4-11-9)14(17)18/h2-4H,1H3,(H,12,13)(H,15,16). The maximum absolute atomic E-state index is 11.0. The molecule has 2 aromatic heterocycles. The van der Waals surface area contributed by atoms with Crippen molar-refractivity contribution in [3.05, 3.63) is 39.7 Å². The third-order valence-corrected chi connectivity index (χ3v) is 2.16.